The first-order chi connectivity index (χ1) is 12.9. The van der Waals surface area contributed by atoms with Gasteiger partial charge in [-0.2, -0.15) is 0 Å². The number of anilines is 1. The van der Waals surface area contributed by atoms with Gasteiger partial charge in [-0.05, 0) is 36.4 Å². The number of ether oxygens (including phenoxy) is 1. The third-order valence-electron chi connectivity index (χ3n) is 3.55. The molecule has 1 amide bonds. The van der Waals surface area contributed by atoms with Crippen molar-refractivity contribution in [1.29, 1.82) is 0 Å². The van der Waals surface area contributed by atoms with Crippen LogP contribution in [-0.2, 0) is 14.3 Å². The molecule has 0 bridgehead atoms. The maximum atomic E-state index is 13.5. The molecule has 0 saturated heterocycles. The molecule has 142 valence electrons. The molecule has 2 aromatic carbocycles. The van der Waals surface area contributed by atoms with Gasteiger partial charge in [0.1, 0.15) is 5.82 Å². The molecule has 0 spiro atoms. The van der Waals surface area contributed by atoms with E-state index in [1.54, 1.807) is 56.3 Å². The number of thioether (sulfide) groups is 1. The van der Waals surface area contributed by atoms with Crippen LogP contribution in [0.3, 0.4) is 0 Å². The average molecular weight is 389 g/mol. The van der Waals surface area contributed by atoms with Gasteiger partial charge >= 0.3 is 5.97 Å². The third kappa shape index (κ3) is 6.53. The first kappa shape index (κ1) is 20.6. The van der Waals surface area contributed by atoms with Gasteiger partial charge in [-0.25, -0.2) is 4.39 Å². The topological polar surface area (TPSA) is 72.5 Å². The zero-order chi connectivity index (χ0) is 19.8. The van der Waals surface area contributed by atoms with Crippen LogP contribution in [0.4, 0.5) is 10.1 Å². The number of amides is 1. The van der Waals surface area contributed by atoms with Crippen LogP contribution >= 0.6 is 11.8 Å². The zero-order valence-corrected chi connectivity index (χ0v) is 15.8. The lowest BCUT2D eigenvalue weighted by Gasteiger charge is -2.08. The van der Waals surface area contributed by atoms with Gasteiger partial charge in [-0.3, -0.25) is 14.4 Å². The van der Waals surface area contributed by atoms with E-state index in [9.17, 15) is 18.8 Å². The Morgan fingerprint density at radius 2 is 1.74 bits per heavy atom. The first-order valence-electron chi connectivity index (χ1n) is 8.34. The van der Waals surface area contributed by atoms with Crippen molar-refractivity contribution in [1.82, 2.24) is 0 Å². The monoisotopic (exact) mass is 389 g/mol. The summed E-state index contributed by atoms with van der Waals surface area (Å²) in [5, 5.41) is 2.73. The highest BCUT2D eigenvalue weighted by molar-refractivity contribution is 8.00. The summed E-state index contributed by atoms with van der Waals surface area (Å²) in [6, 6.07) is 12.5. The second-order valence-electron chi connectivity index (χ2n) is 6.02. The molecule has 0 radical (unpaired) electrons. The van der Waals surface area contributed by atoms with Crippen LogP contribution in [0.5, 0.6) is 0 Å². The third-order valence-corrected chi connectivity index (χ3v) is 4.57. The Bertz CT molecular complexity index is 821. The smallest absolute Gasteiger partial charge is 0.316 e. The van der Waals surface area contributed by atoms with Crippen LogP contribution < -0.4 is 5.32 Å². The summed E-state index contributed by atoms with van der Waals surface area (Å²) >= 11 is 1.01. The fourth-order valence-electron chi connectivity index (χ4n) is 2.00. The molecule has 0 saturated carbocycles. The highest BCUT2D eigenvalue weighted by atomic mass is 32.2. The van der Waals surface area contributed by atoms with Crippen LogP contribution in [0.2, 0.25) is 0 Å². The molecule has 5 nitrogen and oxygen atoms in total. The summed E-state index contributed by atoms with van der Waals surface area (Å²) in [6.45, 7) is 3.17. The van der Waals surface area contributed by atoms with Crippen molar-refractivity contribution < 1.29 is 23.5 Å². The lowest BCUT2D eigenvalue weighted by atomic mass is 10.1. The highest BCUT2D eigenvalue weighted by Gasteiger charge is 2.12. The van der Waals surface area contributed by atoms with Gasteiger partial charge < -0.3 is 10.1 Å². The molecule has 0 aliphatic heterocycles. The highest BCUT2D eigenvalue weighted by Crippen LogP contribution is 2.21. The van der Waals surface area contributed by atoms with Crippen LogP contribution in [0.15, 0.2) is 53.4 Å². The predicted octanol–water partition coefficient (Wildman–Crippen LogP) is 3.94. The molecule has 0 aliphatic carbocycles. The number of Topliss-reactive ketones (excluding diaryl/α,β-unsaturated/α-hetero) is 1. The van der Waals surface area contributed by atoms with E-state index in [0.29, 0.717) is 16.1 Å². The number of carbonyl (C=O) groups excluding carboxylic acids is 3. The second-order valence-corrected chi connectivity index (χ2v) is 7.04. The number of hydrogen-bond donors (Lipinski definition) is 1. The average Bonchev–Trinajstić information content (AvgIpc) is 2.66. The molecule has 0 atom stereocenters. The Morgan fingerprint density at radius 1 is 1.07 bits per heavy atom. The van der Waals surface area contributed by atoms with Gasteiger partial charge in [0.2, 0.25) is 5.91 Å². The predicted molar refractivity (Wildman–Crippen MR) is 102 cm³/mol. The minimum atomic E-state index is -0.600. The quantitative estimate of drug-likeness (QED) is 0.421. The Morgan fingerprint density at radius 3 is 2.37 bits per heavy atom. The van der Waals surface area contributed by atoms with Crippen molar-refractivity contribution in [3.63, 3.8) is 0 Å². The normalized spacial score (nSPS) is 10.5. The number of carbonyl (C=O) groups is 3. The minimum absolute atomic E-state index is 0.0889. The van der Waals surface area contributed by atoms with Crippen LogP contribution in [0.1, 0.15) is 24.2 Å². The fraction of sp³-hybridized carbons (Fsp3) is 0.250. The molecule has 2 rings (SSSR count). The van der Waals surface area contributed by atoms with Crippen molar-refractivity contribution in [2.45, 2.75) is 18.7 Å². The van der Waals surface area contributed by atoms with Gasteiger partial charge in [0.15, 0.2) is 12.4 Å². The summed E-state index contributed by atoms with van der Waals surface area (Å²) < 4.78 is 18.4. The number of nitrogens with one attached hydrogen (secondary N) is 1. The number of benzene rings is 2. The van der Waals surface area contributed by atoms with Crippen LogP contribution in [-0.4, -0.2) is 30.0 Å². The van der Waals surface area contributed by atoms with Crippen molar-refractivity contribution in [2.75, 3.05) is 17.7 Å². The molecule has 7 heteroatoms. The SMILES string of the molecule is CC(C)C(=O)Nc1ccc(C(=O)COC(=O)CSc2ccccc2F)cc1. The Balaban J connectivity index is 1.80. The van der Waals surface area contributed by atoms with E-state index < -0.39 is 18.4 Å². The Kier molecular flexibility index (Phi) is 7.55. The first-order valence-corrected chi connectivity index (χ1v) is 9.32. The van der Waals surface area contributed by atoms with E-state index in [-0.39, 0.29) is 23.4 Å². The van der Waals surface area contributed by atoms with Gasteiger partial charge in [-0.1, -0.05) is 26.0 Å². The number of rotatable bonds is 8. The van der Waals surface area contributed by atoms with E-state index in [1.807, 2.05) is 0 Å². The molecule has 27 heavy (non-hydrogen) atoms. The van der Waals surface area contributed by atoms with Gasteiger partial charge in [0.05, 0.1) is 5.75 Å². The van der Waals surface area contributed by atoms with E-state index in [1.165, 1.54) is 6.07 Å². The molecule has 0 heterocycles. The second kappa shape index (κ2) is 9.87. The van der Waals surface area contributed by atoms with Crippen molar-refractivity contribution >= 4 is 35.1 Å². The molecule has 0 aliphatic rings. The maximum absolute atomic E-state index is 13.5. The van der Waals surface area contributed by atoms with Crippen molar-refractivity contribution in [2.24, 2.45) is 5.92 Å². The van der Waals surface area contributed by atoms with E-state index >= 15 is 0 Å². The van der Waals surface area contributed by atoms with E-state index in [4.69, 9.17) is 4.74 Å². The summed E-state index contributed by atoms with van der Waals surface area (Å²) in [5.74, 6) is -1.72. The molecule has 2 aromatic rings. The fourth-order valence-corrected chi connectivity index (χ4v) is 2.73. The molecule has 0 aromatic heterocycles. The number of ketones is 1. The van der Waals surface area contributed by atoms with Crippen LogP contribution in [0.25, 0.3) is 0 Å². The van der Waals surface area contributed by atoms with Gasteiger partial charge in [0, 0.05) is 22.1 Å². The standard InChI is InChI=1S/C20H20FNO4S/c1-13(2)20(25)22-15-9-7-14(8-10-15)17(23)11-26-19(24)12-27-18-6-4-3-5-16(18)21/h3-10,13H,11-12H2,1-2H3,(H,22,25). The van der Waals surface area contributed by atoms with Crippen LogP contribution in [0, 0.1) is 11.7 Å². The number of halogens is 1. The zero-order valence-electron chi connectivity index (χ0n) is 15.0. The maximum Gasteiger partial charge on any atom is 0.316 e. The summed E-state index contributed by atoms with van der Waals surface area (Å²) in [5.41, 5.74) is 0.954. The molecular weight excluding hydrogens is 369 g/mol. The van der Waals surface area contributed by atoms with E-state index in [0.717, 1.165) is 11.8 Å². The lowest BCUT2D eigenvalue weighted by molar-refractivity contribution is -0.139. The molecule has 0 fully saturated rings. The van der Waals surface area contributed by atoms with Gasteiger partial charge in [0.25, 0.3) is 0 Å². The molecule has 1 N–H and O–H groups in total. The van der Waals surface area contributed by atoms with Gasteiger partial charge in [-0.15, -0.1) is 11.8 Å². The van der Waals surface area contributed by atoms with Crippen molar-refractivity contribution in [3.05, 3.63) is 59.9 Å². The summed E-state index contributed by atoms with van der Waals surface area (Å²) in [6.07, 6.45) is 0. The lowest BCUT2D eigenvalue weighted by Crippen LogP contribution is -2.18. The minimum Gasteiger partial charge on any atom is -0.457 e. The van der Waals surface area contributed by atoms with E-state index in [2.05, 4.69) is 5.32 Å². The number of hydrogen-bond acceptors (Lipinski definition) is 5. The number of esters is 1. The molecular formula is C20H20FNO4S. The van der Waals surface area contributed by atoms with Crippen molar-refractivity contribution in [3.8, 4) is 0 Å². The molecule has 0 unspecified atom stereocenters. The summed E-state index contributed by atoms with van der Waals surface area (Å²) in [7, 11) is 0. The Labute approximate surface area is 161 Å². The Hall–Kier alpha value is -2.67. The summed E-state index contributed by atoms with van der Waals surface area (Å²) in [4.78, 5) is 35.8. The largest absolute Gasteiger partial charge is 0.457 e.